The van der Waals surface area contributed by atoms with Gasteiger partial charge in [-0.1, -0.05) is 49.5 Å². The number of imide groups is 1. The number of nitrogens with zero attached hydrogens (tertiary/aromatic N) is 3. The van der Waals surface area contributed by atoms with E-state index < -0.39 is 33.8 Å². The zero-order chi connectivity index (χ0) is 26.9. The van der Waals surface area contributed by atoms with Gasteiger partial charge in [-0.05, 0) is 36.2 Å². The van der Waals surface area contributed by atoms with Crippen molar-refractivity contribution in [2.75, 3.05) is 18.4 Å². The van der Waals surface area contributed by atoms with Gasteiger partial charge >= 0.3 is 0 Å². The summed E-state index contributed by atoms with van der Waals surface area (Å²) in [5.74, 6) is -1.96. The van der Waals surface area contributed by atoms with Crippen molar-refractivity contribution in [1.29, 1.82) is 0 Å². The van der Waals surface area contributed by atoms with Crippen LogP contribution in [0.4, 0.5) is 5.13 Å². The molecular weight excluding hydrogens is 512 g/mol. The minimum Gasteiger partial charge on any atom is -0.300 e. The number of carbonyl (C=O) groups is 3. The number of nitrogens with one attached hydrogen (secondary N) is 1. The van der Waals surface area contributed by atoms with Crippen molar-refractivity contribution in [2.24, 2.45) is 5.92 Å². The highest BCUT2D eigenvalue weighted by atomic mass is 32.2. The quantitative estimate of drug-likeness (QED) is 0.309. The third-order valence-electron chi connectivity index (χ3n) is 5.90. The molecule has 0 fully saturated rings. The largest absolute Gasteiger partial charge is 0.300 e. The zero-order valence-corrected chi connectivity index (χ0v) is 22.0. The number of amides is 3. The molecule has 37 heavy (non-hydrogen) atoms. The van der Waals surface area contributed by atoms with Gasteiger partial charge in [0.25, 0.3) is 11.8 Å². The molecule has 192 valence electrons. The Morgan fingerprint density at radius 3 is 2.22 bits per heavy atom. The van der Waals surface area contributed by atoms with Crippen molar-refractivity contribution < 1.29 is 22.8 Å². The highest BCUT2D eigenvalue weighted by Gasteiger charge is 2.44. The molecule has 0 radical (unpaired) electrons. The summed E-state index contributed by atoms with van der Waals surface area (Å²) in [6.45, 7) is 11.0. The van der Waals surface area contributed by atoms with Crippen LogP contribution in [0.2, 0.25) is 0 Å². The molecule has 0 aliphatic carbocycles. The van der Waals surface area contributed by atoms with E-state index in [9.17, 15) is 22.8 Å². The van der Waals surface area contributed by atoms with Gasteiger partial charge in [0.2, 0.25) is 15.9 Å². The number of rotatable bonds is 10. The number of carbonyl (C=O) groups excluding carboxylic acids is 3. The number of aromatic nitrogens is 1. The van der Waals surface area contributed by atoms with Crippen LogP contribution in [0, 0.1) is 5.92 Å². The third-order valence-corrected chi connectivity index (χ3v) is 8.66. The molecule has 4 rings (SSSR count). The van der Waals surface area contributed by atoms with E-state index in [0.29, 0.717) is 10.2 Å². The van der Waals surface area contributed by atoms with Gasteiger partial charge in [-0.15, -0.1) is 13.2 Å². The first kappa shape index (κ1) is 26.4. The van der Waals surface area contributed by atoms with Crippen LogP contribution in [-0.4, -0.2) is 59.5 Å². The summed E-state index contributed by atoms with van der Waals surface area (Å²) in [7, 11) is -3.80. The fourth-order valence-electron chi connectivity index (χ4n) is 4.18. The van der Waals surface area contributed by atoms with E-state index >= 15 is 0 Å². The SMILES string of the molecule is C=CCN(CC=C)S(=O)(=O)c1ccc2nc(NC(=O)C(C(C)C)N3C(=O)c4ccccc4C3=O)sc2c1. The van der Waals surface area contributed by atoms with E-state index in [1.165, 1.54) is 28.6 Å². The monoisotopic (exact) mass is 538 g/mol. The number of fused-ring (bicyclic) bond motifs is 2. The molecule has 1 aromatic heterocycles. The molecule has 2 heterocycles. The van der Waals surface area contributed by atoms with Gasteiger partial charge in [-0.3, -0.25) is 19.3 Å². The molecule has 3 aromatic rings. The Kier molecular flexibility index (Phi) is 7.39. The Morgan fingerprint density at radius 1 is 1.08 bits per heavy atom. The standard InChI is InChI=1S/C26H26N4O5S2/c1-5-13-29(14-6-2)37(34,35)17-11-12-20-21(15-17)36-26(27-20)28-23(31)22(16(3)4)30-24(32)18-9-7-8-10-19(18)25(30)33/h5-12,15-16,22H,1-2,13-14H2,3-4H3,(H,27,28,31). The Hall–Kier alpha value is -3.67. The predicted molar refractivity (Wildman–Crippen MR) is 143 cm³/mol. The summed E-state index contributed by atoms with van der Waals surface area (Å²) < 4.78 is 28.0. The summed E-state index contributed by atoms with van der Waals surface area (Å²) in [6, 6.07) is 9.94. The first-order valence-electron chi connectivity index (χ1n) is 11.5. The second-order valence-electron chi connectivity index (χ2n) is 8.75. The Bertz CT molecular complexity index is 1480. The molecule has 0 spiro atoms. The lowest BCUT2D eigenvalue weighted by atomic mass is 10.0. The minimum atomic E-state index is -3.80. The fraction of sp³-hybridized carbons (Fsp3) is 0.231. The van der Waals surface area contributed by atoms with Gasteiger partial charge in [0, 0.05) is 13.1 Å². The number of hydrogen-bond acceptors (Lipinski definition) is 7. The molecule has 0 bridgehead atoms. The Balaban J connectivity index is 1.60. The van der Waals surface area contributed by atoms with Crippen LogP contribution in [-0.2, 0) is 14.8 Å². The van der Waals surface area contributed by atoms with Crippen LogP contribution in [0.25, 0.3) is 10.2 Å². The summed E-state index contributed by atoms with van der Waals surface area (Å²) in [5.41, 5.74) is 1.03. The number of anilines is 1. The number of sulfonamides is 1. The smallest absolute Gasteiger partial charge is 0.262 e. The molecular formula is C26H26N4O5S2. The number of thiazole rings is 1. The second kappa shape index (κ2) is 10.4. The topological polar surface area (TPSA) is 117 Å². The van der Waals surface area contributed by atoms with E-state index in [0.717, 1.165) is 16.2 Å². The average molecular weight is 539 g/mol. The molecule has 0 saturated heterocycles. The van der Waals surface area contributed by atoms with Crippen molar-refractivity contribution in [3.8, 4) is 0 Å². The normalized spacial score (nSPS) is 14.3. The van der Waals surface area contributed by atoms with Gasteiger partial charge in [-0.25, -0.2) is 13.4 Å². The van der Waals surface area contributed by atoms with Gasteiger partial charge in [0.05, 0.1) is 26.2 Å². The highest BCUT2D eigenvalue weighted by Crippen LogP contribution is 2.31. The molecule has 3 amide bonds. The maximum absolute atomic E-state index is 13.3. The van der Waals surface area contributed by atoms with E-state index in [2.05, 4.69) is 23.5 Å². The van der Waals surface area contributed by atoms with Gasteiger partial charge in [0.15, 0.2) is 5.13 Å². The van der Waals surface area contributed by atoms with Crippen molar-refractivity contribution in [3.05, 3.63) is 78.9 Å². The van der Waals surface area contributed by atoms with Gasteiger partial charge < -0.3 is 5.32 Å². The van der Waals surface area contributed by atoms with Crippen molar-refractivity contribution in [3.63, 3.8) is 0 Å². The van der Waals surface area contributed by atoms with Gasteiger partial charge in [0.1, 0.15) is 6.04 Å². The summed E-state index contributed by atoms with van der Waals surface area (Å²) in [5, 5.41) is 2.94. The molecule has 9 nitrogen and oxygen atoms in total. The lowest BCUT2D eigenvalue weighted by Crippen LogP contribution is -2.50. The molecule has 1 aliphatic heterocycles. The number of benzene rings is 2. The van der Waals surface area contributed by atoms with E-state index in [-0.39, 0.29) is 40.2 Å². The maximum Gasteiger partial charge on any atom is 0.262 e. The van der Waals surface area contributed by atoms with E-state index in [4.69, 9.17) is 0 Å². The first-order valence-corrected chi connectivity index (χ1v) is 13.8. The van der Waals surface area contributed by atoms with E-state index in [1.54, 1.807) is 44.2 Å². The first-order chi connectivity index (χ1) is 17.6. The third kappa shape index (κ3) is 4.85. The highest BCUT2D eigenvalue weighted by molar-refractivity contribution is 7.89. The predicted octanol–water partition coefficient (Wildman–Crippen LogP) is 3.92. The Morgan fingerprint density at radius 2 is 1.68 bits per heavy atom. The van der Waals surface area contributed by atoms with E-state index in [1.807, 2.05) is 0 Å². The lowest BCUT2D eigenvalue weighted by Gasteiger charge is -2.27. The fourth-order valence-corrected chi connectivity index (χ4v) is 6.58. The van der Waals surface area contributed by atoms with Crippen molar-refractivity contribution in [2.45, 2.75) is 24.8 Å². The molecule has 1 atom stereocenters. The molecule has 11 heteroatoms. The molecule has 1 aliphatic rings. The van der Waals surface area contributed by atoms with Crippen LogP contribution < -0.4 is 5.32 Å². The van der Waals surface area contributed by atoms with Crippen molar-refractivity contribution >= 4 is 54.4 Å². The lowest BCUT2D eigenvalue weighted by molar-refractivity contribution is -0.121. The maximum atomic E-state index is 13.3. The van der Waals surface area contributed by atoms with Crippen LogP contribution in [0.1, 0.15) is 34.6 Å². The van der Waals surface area contributed by atoms with Crippen molar-refractivity contribution in [1.82, 2.24) is 14.2 Å². The summed E-state index contributed by atoms with van der Waals surface area (Å²) in [6.07, 6.45) is 3.00. The number of hydrogen-bond donors (Lipinski definition) is 1. The average Bonchev–Trinajstić information content (AvgIpc) is 3.37. The van der Waals surface area contributed by atoms with Crippen LogP contribution in [0.5, 0.6) is 0 Å². The molecule has 2 aromatic carbocycles. The molecule has 1 unspecified atom stereocenters. The van der Waals surface area contributed by atoms with Crippen LogP contribution in [0.15, 0.2) is 72.7 Å². The zero-order valence-electron chi connectivity index (χ0n) is 20.4. The summed E-state index contributed by atoms with van der Waals surface area (Å²) in [4.78, 5) is 44.7. The molecule has 0 saturated carbocycles. The van der Waals surface area contributed by atoms with Crippen LogP contribution >= 0.6 is 11.3 Å². The Labute approximate surface area is 219 Å². The minimum absolute atomic E-state index is 0.0799. The summed E-state index contributed by atoms with van der Waals surface area (Å²) >= 11 is 1.10. The molecule has 1 N–H and O–H groups in total. The van der Waals surface area contributed by atoms with Gasteiger partial charge in [-0.2, -0.15) is 4.31 Å². The second-order valence-corrected chi connectivity index (χ2v) is 11.7. The van der Waals surface area contributed by atoms with Crippen LogP contribution in [0.3, 0.4) is 0 Å².